The molecule has 1 fully saturated rings. The molecule has 0 atom stereocenters. The summed E-state index contributed by atoms with van der Waals surface area (Å²) in [4.78, 5) is 14.2. The van der Waals surface area contributed by atoms with E-state index in [9.17, 15) is 9.90 Å². The van der Waals surface area contributed by atoms with Gasteiger partial charge in [-0.2, -0.15) is 0 Å². The average Bonchev–Trinajstić information content (AvgIpc) is 2.62. The molecule has 1 amide bonds. The number of ether oxygens (including phenoxy) is 1. The van der Waals surface area contributed by atoms with Gasteiger partial charge in [-0.3, -0.25) is 5.32 Å². The fraction of sp³-hybridized carbons (Fsp3) is 0.316. The molecule has 5 nitrogen and oxygen atoms in total. The van der Waals surface area contributed by atoms with E-state index in [1.54, 1.807) is 0 Å². The van der Waals surface area contributed by atoms with Crippen LogP contribution in [0.1, 0.15) is 18.4 Å². The fourth-order valence-electron chi connectivity index (χ4n) is 2.78. The number of piperidine rings is 1. The Bertz CT molecular complexity index is 667. The second-order valence-electron chi connectivity index (χ2n) is 5.96. The number of hydrogen-bond donors (Lipinski definition) is 2. The Kier molecular flexibility index (Phi) is 5.33. The molecule has 1 saturated heterocycles. The first kappa shape index (κ1) is 16.3. The summed E-state index contributed by atoms with van der Waals surface area (Å²) >= 11 is 0. The third-order valence-electron chi connectivity index (χ3n) is 4.13. The summed E-state index contributed by atoms with van der Waals surface area (Å²) in [6.07, 6.45) is 0.883. The molecular weight excluding hydrogens is 304 g/mol. The molecule has 126 valence electrons. The number of anilines is 2. The largest absolute Gasteiger partial charge is 0.444 e. The number of amides is 1. The highest BCUT2D eigenvalue weighted by Crippen LogP contribution is 2.23. The molecule has 2 N–H and O–H groups in total. The molecule has 0 radical (unpaired) electrons. The summed E-state index contributed by atoms with van der Waals surface area (Å²) in [5.74, 6) is 0. The molecule has 2 aromatic carbocycles. The quantitative estimate of drug-likeness (QED) is 0.904. The maximum atomic E-state index is 11.9. The highest BCUT2D eigenvalue weighted by molar-refractivity contribution is 5.85. The molecule has 0 bridgehead atoms. The van der Waals surface area contributed by atoms with Crippen molar-refractivity contribution in [3.05, 3.63) is 60.2 Å². The third-order valence-corrected chi connectivity index (χ3v) is 4.13. The van der Waals surface area contributed by atoms with Crippen LogP contribution < -0.4 is 10.2 Å². The summed E-state index contributed by atoms with van der Waals surface area (Å²) < 4.78 is 5.23. The van der Waals surface area contributed by atoms with Gasteiger partial charge in [0.15, 0.2) is 0 Å². The topological polar surface area (TPSA) is 61.8 Å². The summed E-state index contributed by atoms with van der Waals surface area (Å²) in [5.41, 5.74) is 2.70. The van der Waals surface area contributed by atoms with Crippen molar-refractivity contribution in [2.75, 3.05) is 23.3 Å². The van der Waals surface area contributed by atoms with E-state index in [2.05, 4.69) is 10.2 Å². The van der Waals surface area contributed by atoms with Crippen molar-refractivity contribution >= 4 is 17.5 Å². The Morgan fingerprint density at radius 2 is 1.88 bits per heavy atom. The molecule has 1 aliphatic rings. The van der Waals surface area contributed by atoms with Crippen molar-refractivity contribution in [1.82, 2.24) is 0 Å². The molecule has 1 aliphatic heterocycles. The second kappa shape index (κ2) is 7.84. The van der Waals surface area contributed by atoms with Gasteiger partial charge in [0.1, 0.15) is 6.61 Å². The van der Waals surface area contributed by atoms with Gasteiger partial charge in [0.25, 0.3) is 0 Å². The molecule has 2 aromatic rings. The molecule has 0 aliphatic carbocycles. The van der Waals surface area contributed by atoms with Crippen LogP contribution in [0.15, 0.2) is 54.6 Å². The standard InChI is InChI=1S/C19H22N2O3/c22-18-9-11-21(12-10-18)17-8-4-7-16(13-17)20-19(23)24-14-15-5-2-1-3-6-15/h1-8,13,18,22H,9-12,14H2,(H,20,23). The smallest absolute Gasteiger partial charge is 0.411 e. The lowest BCUT2D eigenvalue weighted by atomic mass is 10.1. The van der Waals surface area contributed by atoms with E-state index in [-0.39, 0.29) is 12.7 Å². The summed E-state index contributed by atoms with van der Waals surface area (Å²) in [7, 11) is 0. The lowest BCUT2D eigenvalue weighted by molar-refractivity contribution is 0.145. The zero-order valence-electron chi connectivity index (χ0n) is 13.5. The van der Waals surface area contributed by atoms with Gasteiger partial charge in [-0.25, -0.2) is 4.79 Å². The number of benzene rings is 2. The molecule has 0 unspecified atom stereocenters. The van der Waals surface area contributed by atoms with Gasteiger partial charge in [-0.15, -0.1) is 0 Å². The Labute approximate surface area is 141 Å². The van der Waals surface area contributed by atoms with Crippen molar-refractivity contribution < 1.29 is 14.6 Å². The van der Waals surface area contributed by atoms with Gasteiger partial charge in [0.05, 0.1) is 6.10 Å². The van der Waals surface area contributed by atoms with Crippen molar-refractivity contribution in [2.24, 2.45) is 0 Å². The van der Waals surface area contributed by atoms with Crippen LogP contribution in [0, 0.1) is 0 Å². The minimum absolute atomic E-state index is 0.199. The first-order valence-corrected chi connectivity index (χ1v) is 8.21. The second-order valence-corrected chi connectivity index (χ2v) is 5.96. The Morgan fingerprint density at radius 1 is 1.12 bits per heavy atom. The van der Waals surface area contributed by atoms with Crippen molar-refractivity contribution in [3.63, 3.8) is 0 Å². The molecule has 0 saturated carbocycles. The lowest BCUT2D eigenvalue weighted by Gasteiger charge is -2.31. The van der Waals surface area contributed by atoms with Crippen LogP contribution in [-0.4, -0.2) is 30.4 Å². The Morgan fingerprint density at radius 3 is 2.62 bits per heavy atom. The molecular formula is C19H22N2O3. The minimum atomic E-state index is -0.468. The number of rotatable bonds is 4. The monoisotopic (exact) mass is 326 g/mol. The number of carbonyl (C=O) groups excluding carboxylic acids is 1. The number of aliphatic hydroxyl groups is 1. The zero-order chi connectivity index (χ0) is 16.8. The first-order chi connectivity index (χ1) is 11.7. The van der Waals surface area contributed by atoms with Crippen molar-refractivity contribution in [2.45, 2.75) is 25.6 Å². The van der Waals surface area contributed by atoms with Crippen LogP contribution in [0.5, 0.6) is 0 Å². The number of nitrogens with zero attached hydrogens (tertiary/aromatic N) is 1. The number of carbonyl (C=O) groups is 1. The van der Waals surface area contributed by atoms with Crippen LogP contribution in [0.25, 0.3) is 0 Å². The maximum absolute atomic E-state index is 11.9. The van der Waals surface area contributed by atoms with Gasteiger partial charge >= 0.3 is 6.09 Å². The number of nitrogens with one attached hydrogen (secondary N) is 1. The highest BCUT2D eigenvalue weighted by Gasteiger charge is 2.17. The normalized spacial score (nSPS) is 15.1. The predicted octanol–water partition coefficient (Wildman–Crippen LogP) is 3.40. The average molecular weight is 326 g/mol. The summed E-state index contributed by atoms with van der Waals surface area (Å²) in [6, 6.07) is 17.3. The molecule has 0 spiro atoms. The van der Waals surface area contributed by atoms with E-state index in [1.807, 2.05) is 54.6 Å². The first-order valence-electron chi connectivity index (χ1n) is 8.21. The fourth-order valence-corrected chi connectivity index (χ4v) is 2.78. The highest BCUT2D eigenvalue weighted by atomic mass is 16.5. The van der Waals surface area contributed by atoms with Crippen LogP contribution in [0.4, 0.5) is 16.2 Å². The summed E-state index contributed by atoms with van der Waals surface area (Å²) in [5, 5.41) is 12.4. The van der Waals surface area contributed by atoms with Crippen LogP contribution >= 0.6 is 0 Å². The van der Waals surface area contributed by atoms with E-state index < -0.39 is 6.09 Å². The SMILES string of the molecule is O=C(Nc1cccc(N2CCC(O)CC2)c1)OCc1ccccc1. The molecule has 3 rings (SSSR count). The van der Waals surface area contributed by atoms with E-state index in [0.717, 1.165) is 37.2 Å². The number of hydrogen-bond acceptors (Lipinski definition) is 4. The van der Waals surface area contributed by atoms with Gasteiger partial charge in [-0.1, -0.05) is 36.4 Å². The molecule has 0 aromatic heterocycles. The Hall–Kier alpha value is -2.53. The van der Waals surface area contributed by atoms with Crippen molar-refractivity contribution in [1.29, 1.82) is 0 Å². The zero-order valence-corrected chi connectivity index (χ0v) is 13.5. The van der Waals surface area contributed by atoms with Crippen LogP contribution in [-0.2, 0) is 11.3 Å². The Balaban J connectivity index is 1.55. The number of aliphatic hydroxyl groups excluding tert-OH is 1. The van der Waals surface area contributed by atoms with Gasteiger partial charge < -0.3 is 14.7 Å². The van der Waals surface area contributed by atoms with Crippen molar-refractivity contribution in [3.8, 4) is 0 Å². The van der Waals surface area contributed by atoms with Gasteiger partial charge in [0.2, 0.25) is 0 Å². The van der Waals surface area contributed by atoms with E-state index in [4.69, 9.17) is 4.74 Å². The van der Waals surface area contributed by atoms with Gasteiger partial charge in [-0.05, 0) is 36.6 Å². The molecule has 5 heteroatoms. The van der Waals surface area contributed by atoms with E-state index in [0.29, 0.717) is 5.69 Å². The molecule has 1 heterocycles. The van der Waals surface area contributed by atoms with E-state index in [1.165, 1.54) is 0 Å². The van der Waals surface area contributed by atoms with Crippen LogP contribution in [0.2, 0.25) is 0 Å². The minimum Gasteiger partial charge on any atom is -0.444 e. The predicted molar refractivity (Wildman–Crippen MR) is 94.1 cm³/mol. The van der Waals surface area contributed by atoms with Crippen LogP contribution in [0.3, 0.4) is 0 Å². The van der Waals surface area contributed by atoms with Gasteiger partial charge in [0, 0.05) is 24.5 Å². The summed E-state index contributed by atoms with van der Waals surface area (Å²) in [6.45, 7) is 1.89. The molecule has 24 heavy (non-hydrogen) atoms. The van der Waals surface area contributed by atoms with E-state index >= 15 is 0 Å². The maximum Gasteiger partial charge on any atom is 0.411 e. The third kappa shape index (κ3) is 4.49. The lowest BCUT2D eigenvalue weighted by Crippen LogP contribution is -2.35.